The number of anilines is 2. The number of amides is 1. The highest BCUT2D eigenvalue weighted by Gasteiger charge is 2.03. The Bertz CT molecular complexity index is 584. The Labute approximate surface area is 118 Å². The van der Waals surface area contributed by atoms with E-state index in [-0.39, 0.29) is 5.91 Å². The number of carbonyl (C=O) groups is 1. The molecule has 0 unspecified atom stereocenters. The number of aryl methyl sites for hydroxylation is 1. The number of hydrogen-bond donors (Lipinski definition) is 2. The molecule has 0 spiro atoms. The third-order valence-electron chi connectivity index (χ3n) is 2.94. The van der Waals surface area contributed by atoms with Crippen molar-refractivity contribution in [2.75, 3.05) is 10.6 Å². The summed E-state index contributed by atoms with van der Waals surface area (Å²) in [6.45, 7) is 4.50. The van der Waals surface area contributed by atoms with Crippen LogP contribution >= 0.6 is 0 Å². The maximum atomic E-state index is 11.4. The van der Waals surface area contributed by atoms with Crippen LogP contribution < -0.4 is 10.6 Å². The number of aromatic nitrogens is 2. The average Bonchev–Trinajstić information content (AvgIpc) is 2.48. The third kappa shape index (κ3) is 3.78. The van der Waals surface area contributed by atoms with E-state index in [4.69, 9.17) is 0 Å². The van der Waals surface area contributed by atoms with Crippen LogP contribution in [-0.4, -0.2) is 15.9 Å². The second-order valence-corrected chi connectivity index (χ2v) is 4.53. The SMILES string of the molecule is CCC(=O)Nc1ccc(C)c(NCc2cncnc2)c1. The minimum atomic E-state index is 0.0104. The first-order valence-electron chi connectivity index (χ1n) is 6.57. The summed E-state index contributed by atoms with van der Waals surface area (Å²) in [7, 11) is 0. The average molecular weight is 270 g/mol. The lowest BCUT2D eigenvalue weighted by atomic mass is 10.1. The van der Waals surface area contributed by atoms with E-state index < -0.39 is 0 Å². The molecule has 1 aromatic heterocycles. The fourth-order valence-electron chi connectivity index (χ4n) is 1.76. The third-order valence-corrected chi connectivity index (χ3v) is 2.94. The molecule has 2 aromatic rings. The first kappa shape index (κ1) is 14.0. The highest BCUT2D eigenvalue weighted by atomic mass is 16.1. The van der Waals surface area contributed by atoms with Crippen molar-refractivity contribution >= 4 is 17.3 Å². The van der Waals surface area contributed by atoms with Crippen molar-refractivity contribution in [3.05, 3.63) is 48.0 Å². The molecule has 1 aromatic carbocycles. The van der Waals surface area contributed by atoms with Crippen molar-refractivity contribution in [1.29, 1.82) is 0 Å². The quantitative estimate of drug-likeness (QED) is 0.876. The predicted octanol–water partition coefficient (Wildman–Crippen LogP) is 2.75. The van der Waals surface area contributed by atoms with Gasteiger partial charge in [0.25, 0.3) is 0 Å². The normalized spacial score (nSPS) is 10.1. The zero-order valence-corrected chi connectivity index (χ0v) is 11.7. The monoisotopic (exact) mass is 270 g/mol. The molecule has 104 valence electrons. The van der Waals surface area contributed by atoms with Crippen LogP contribution in [-0.2, 0) is 11.3 Å². The van der Waals surface area contributed by atoms with Crippen LogP contribution in [0.15, 0.2) is 36.9 Å². The summed E-state index contributed by atoms with van der Waals surface area (Å²) in [6, 6.07) is 5.82. The topological polar surface area (TPSA) is 66.9 Å². The molecule has 5 heteroatoms. The molecule has 2 rings (SSSR count). The summed E-state index contributed by atoms with van der Waals surface area (Å²) in [4.78, 5) is 19.4. The van der Waals surface area contributed by atoms with Crippen molar-refractivity contribution in [3.8, 4) is 0 Å². The van der Waals surface area contributed by atoms with E-state index in [9.17, 15) is 4.79 Å². The summed E-state index contributed by atoms with van der Waals surface area (Å²) in [5, 5.41) is 6.18. The van der Waals surface area contributed by atoms with Gasteiger partial charge in [-0.25, -0.2) is 9.97 Å². The van der Waals surface area contributed by atoms with Gasteiger partial charge in [0.05, 0.1) is 0 Å². The Morgan fingerprint density at radius 1 is 1.25 bits per heavy atom. The number of nitrogens with zero attached hydrogens (tertiary/aromatic N) is 2. The second-order valence-electron chi connectivity index (χ2n) is 4.53. The van der Waals surface area contributed by atoms with Crippen LogP contribution in [0.25, 0.3) is 0 Å². The molecule has 0 saturated carbocycles. The van der Waals surface area contributed by atoms with Gasteiger partial charge in [0, 0.05) is 42.3 Å². The Morgan fingerprint density at radius 3 is 2.70 bits per heavy atom. The maximum absolute atomic E-state index is 11.4. The molecule has 0 radical (unpaired) electrons. The van der Waals surface area contributed by atoms with E-state index >= 15 is 0 Å². The zero-order valence-electron chi connectivity index (χ0n) is 11.7. The molecule has 1 heterocycles. The van der Waals surface area contributed by atoms with Crippen molar-refractivity contribution in [3.63, 3.8) is 0 Å². The van der Waals surface area contributed by atoms with Gasteiger partial charge in [-0.3, -0.25) is 4.79 Å². The molecule has 2 N–H and O–H groups in total. The Balaban J connectivity index is 2.06. The number of benzene rings is 1. The fraction of sp³-hybridized carbons (Fsp3) is 0.267. The number of carbonyl (C=O) groups excluding carboxylic acids is 1. The van der Waals surface area contributed by atoms with E-state index in [1.807, 2.05) is 32.0 Å². The molecule has 1 amide bonds. The summed E-state index contributed by atoms with van der Waals surface area (Å²) >= 11 is 0. The van der Waals surface area contributed by atoms with Gasteiger partial charge < -0.3 is 10.6 Å². The summed E-state index contributed by atoms with van der Waals surface area (Å²) in [5.74, 6) is 0.0104. The predicted molar refractivity (Wildman–Crippen MR) is 79.5 cm³/mol. The lowest BCUT2D eigenvalue weighted by Crippen LogP contribution is -2.10. The van der Waals surface area contributed by atoms with Crippen molar-refractivity contribution in [1.82, 2.24) is 9.97 Å². The molecule has 0 atom stereocenters. The fourth-order valence-corrected chi connectivity index (χ4v) is 1.76. The van der Waals surface area contributed by atoms with Gasteiger partial charge in [-0.15, -0.1) is 0 Å². The van der Waals surface area contributed by atoms with E-state index in [1.165, 1.54) is 6.33 Å². The van der Waals surface area contributed by atoms with Crippen LogP contribution in [0, 0.1) is 6.92 Å². The van der Waals surface area contributed by atoms with E-state index in [1.54, 1.807) is 12.4 Å². The molecule has 20 heavy (non-hydrogen) atoms. The van der Waals surface area contributed by atoms with Crippen LogP contribution in [0.4, 0.5) is 11.4 Å². The summed E-state index contributed by atoms with van der Waals surface area (Å²) in [5.41, 5.74) is 3.92. The maximum Gasteiger partial charge on any atom is 0.224 e. The first-order chi connectivity index (χ1) is 9.69. The van der Waals surface area contributed by atoms with Gasteiger partial charge in [-0.1, -0.05) is 13.0 Å². The standard InChI is InChI=1S/C15H18N4O/c1-3-15(20)19-13-5-4-11(2)14(6-13)18-9-12-7-16-10-17-8-12/h4-8,10,18H,3,9H2,1-2H3,(H,19,20). The first-order valence-corrected chi connectivity index (χ1v) is 6.57. The van der Waals surface area contributed by atoms with E-state index in [0.29, 0.717) is 13.0 Å². The number of rotatable bonds is 5. The Kier molecular flexibility index (Phi) is 4.65. The van der Waals surface area contributed by atoms with Crippen LogP contribution in [0.2, 0.25) is 0 Å². The van der Waals surface area contributed by atoms with Crippen molar-refractivity contribution in [2.45, 2.75) is 26.8 Å². The number of hydrogen-bond acceptors (Lipinski definition) is 4. The number of nitrogens with one attached hydrogen (secondary N) is 2. The van der Waals surface area contributed by atoms with Gasteiger partial charge in [0.2, 0.25) is 5.91 Å². The van der Waals surface area contributed by atoms with E-state index in [0.717, 1.165) is 22.5 Å². The van der Waals surface area contributed by atoms with E-state index in [2.05, 4.69) is 20.6 Å². The molecular weight excluding hydrogens is 252 g/mol. The summed E-state index contributed by atoms with van der Waals surface area (Å²) in [6.07, 6.45) is 5.53. The minimum Gasteiger partial charge on any atom is -0.381 e. The lowest BCUT2D eigenvalue weighted by molar-refractivity contribution is -0.115. The Hall–Kier alpha value is -2.43. The van der Waals surface area contributed by atoms with Gasteiger partial charge in [-0.2, -0.15) is 0 Å². The molecule has 0 aliphatic rings. The van der Waals surface area contributed by atoms with Gasteiger partial charge in [0.1, 0.15) is 6.33 Å². The summed E-state index contributed by atoms with van der Waals surface area (Å²) < 4.78 is 0. The minimum absolute atomic E-state index is 0.0104. The van der Waals surface area contributed by atoms with Crippen LogP contribution in [0.1, 0.15) is 24.5 Å². The largest absolute Gasteiger partial charge is 0.381 e. The van der Waals surface area contributed by atoms with Crippen LogP contribution in [0.3, 0.4) is 0 Å². The van der Waals surface area contributed by atoms with Gasteiger partial charge in [0.15, 0.2) is 0 Å². The molecule has 0 fully saturated rings. The molecule has 0 aliphatic carbocycles. The molecular formula is C15H18N4O. The Morgan fingerprint density at radius 2 is 2.00 bits per heavy atom. The molecule has 0 saturated heterocycles. The highest BCUT2D eigenvalue weighted by Crippen LogP contribution is 2.21. The van der Waals surface area contributed by atoms with Crippen molar-refractivity contribution in [2.24, 2.45) is 0 Å². The second kappa shape index (κ2) is 6.65. The van der Waals surface area contributed by atoms with Crippen molar-refractivity contribution < 1.29 is 4.79 Å². The zero-order chi connectivity index (χ0) is 14.4. The molecule has 0 aliphatic heterocycles. The van der Waals surface area contributed by atoms with Crippen LogP contribution in [0.5, 0.6) is 0 Å². The smallest absolute Gasteiger partial charge is 0.224 e. The lowest BCUT2D eigenvalue weighted by Gasteiger charge is -2.12. The molecule has 5 nitrogen and oxygen atoms in total. The highest BCUT2D eigenvalue weighted by molar-refractivity contribution is 5.91. The molecule has 0 bridgehead atoms. The van der Waals surface area contributed by atoms with Gasteiger partial charge >= 0.3 is 0 Å². The van der Waals surface area contributed by atoms with Gasteiger partial charge in [-0.05, 0) is 24.6 Å².